The molecular weight excluding hydrogens is 244 g/mol. The largest absolute Gasteiger partial charge is 0.381 e. The summed E-state index contributed by atoms with van der Waals surface area (Å²) in [4.78, 5) is 23.1. The van der Waals surface area contributed by atoms with Gasteiger partial charge in [-0.15, -0.1) is 0 Å². The topological polar surface area (TPSA) is 67.4 Å². The molecule has 0 aromatic heterocycles. The molecule has 5 heteroatoms. The van der Waals surface area contributed by atoms with Crippen molar-refractivity contribution in [3.05, 3.63) is 29.3 Å². The van der Waals surface area contributed by atoms with E-state index in [2.05, 4.69) is 10.6 Å². The van der Waals surface area contributed by atoms with Gasteiger partial charge in [-0.25, -0.2) is 0 Å². The van der Waals surface area contributed by atoms with E-state index in [1.165, 1.54) is 0 Å². The Labute approximate surface area is 113 Å². The fraction of sp³-hybridized carbons (Fsp3) is 0.429. The summed E-state index contributed by atoms with van der Waals surface area (Å²) in [5.41, 5.74) is 2.15. The molecule has 5 nitrogen and oxygen atoms in total. The van der Waals surface area contributed by atoms with Gasteiger partial charge >= 0.3 is 0 Å². The van der Waals surface area contributed by atoms with Gasteiger partial charge < -0.3 is 15.4 Å². The highest BCUT2D eigenvalue weighted by atomic mass is 16.5. The van der Waals surface area contributed by atoms with Crippen molar-refractivity contribution in [2.24, 2.45) is 0 Å². The number of hydrogen-bond donors (Lipinski definition) is 2. The van der Waals surface area contributed by atoms with Crippen LogP contribution in [0.4, 0.5) is 5.69 Å². The van der Waals surface area contributed by atoms with Gasteiger partial charge in [0, 0.05) is 24.9 Å². The third-order valence-electron chi connectivity index (χ3n) is 2.67. The fourth-order valence-electron chi connectivity index (χ4n) is 1.61. The van der Waals surface area contributed by atoms with E-state index in [0.717, 1.165) is 5.56 Å². The van der Waals surface area contributed by atoms with Gasteiger partial charge in [0.05, 0.1) is 13.0 Å². The summed E-state index contributed by atoms with van der Waals surface area (Å²) in [7, 11) is 1.58. The highest BCUT2D eigenvalue weighted by Crippen LogP contribution is 2.16. The highest BCUT2D eigenvalue weighted by Gasteiger charge is 2.08. The third-order valence-corrected chi connectivity index (χ3v) is 2.67. The molecule has 0 unspecified atom stereocenters. The van der Waals surface area contributed by atoms with Crippen molar-refractivity contribution in [3.8, 4) is 0 Å². The van der Waals surface area contributed by atoms with Crippen LogP contribution >= 0.6 is 0 Å². The van der Waals surface area contributed by atoms with E-state index in [0.29, 0.717) is 30.9 Å². The highest BCUT2D eigenvalue weighted by molar-refractivity contribution is 5.96. The predicted octanol–water partition coefficient (Wildman–Crippen LogP) is 1.72. The second-order valence-electron chi connectivity index (χ2n) is 4.10. The molecule has 0 aliphatic heterocycles. The van der Waals surface area contributed by atoms with Crippen molar-refractivity contribution >= 4 is 17.5 Å². The molecule has 0 saturated carbocycles. The van der Waals surface area contributed by atoms with E-state index < -0.39 is 0 Å². The lowest BCUT2D eigenvalue weighted by atomic mass is 10.1. The van der Waals surface area contributed by atoms with Crippen LogP contribution in [0.5, 0.6) is 0 Å². The Morgan fingerprint density at radius 2 is 2.05 bits per heavy atom. The van der Waals surface area contributed by atoms with Crippen molar-refractivity contribution < 1.29 is 14.3 Å². The van der Waals surface area contributed by atoms with Crippen LogP contribution in [0, 0.1) is 6.92 Å². The first kappa shape index (κ1) is 15.2. The lowest BCUT2D eigenvalue weighted by molar-refractivity contribution is -0.117. The molecule has 0 aliphatic carbocycles. The molecule has 19 heavy (non-hydrogen) atoms. The Balaban J connectivity index is 2.64. The van der Waals surface area contributed by atoms with Gasteiger partial charge in [0.2, 0.25) is 5.91 Å². The monoisotopic (exact) mass is 264 g/mol. The number of carbonyl (C=O) groups is 2. The predicted molar refractivity (Wildman–Crippen MR) is 74.3 cm³/mol. The quantitative estimate of drug-likeness (QED) is 0.769. The Morgan fingerprint density at radius 3 is 2.63 bits per heavy atom. The number of carbonyl (C=O) groups excluding carboxylic acids is 2. The Hall–Kier alpha value is -1.88. The number of anilines is 1. The molecule has 104 valence electrons. The van der Waals surface area contributed by atoms with Crippen LogP contribution in [0.3, 0.4) is 0 Å². The maximum atomic E-state index is 11.6. The molecule has 0 spiro atoms. The molecule has 0 aliphatic rings. The van der Waals surface area contributed by atoms with E-state index >= 15 is 0 Å². The molecule has 0 heterocycles. The molecular formula is C14H20N2O3. The molecule has 0 saturated heterocycles. The van der Waals surface area contributed by atoms with E-state index in [1.807, 2.05) is 13.8 Å². The smallest absolute Gasteiger partial charge is 0.251 e. The molecule has 2 amide bonds. The minimum Gasteiger partial charge on any atom is -0.381 e. The SMILES string of the molecule is CCOCCC(=O)Nc1ccc(C(=O)NC)cc1C. The van der Waals surface area contributed by atoms with E-state index in [-0.39, 0.29) is 11.8 Å². The average molecular weight is 264 g/mol. The molecule has 1 aromatic carbocycles. The molecule has 1 rings (SSSR count). The molecule has 0 bridgehead atoms. The van der Waals surface area contributed by atoms with E-state index in [9.17, 15) is 9.59 Å². The standard InChI is InChI=1S/C14H20N2O3/c1-4-19-8-7-13(17)16-12-6-5-11(9-10(12)2)14(18)15-3/h5-6,9H,4,7-8H2,1-3H3,(H,15,18)(H,16,17). The first-order valence-corrected chi connectivity index (χ1v) is 6.28. The normalized spacial score (nSPS) is 10.1. The Morgan fingerprint density at radius 1 is 1.32 bits per heavy atom. The zero-order chi connectivity index (χ0) is 14.3. The molecule has 1 aromatic rings. The third kappa shape index (κ3) is 4.71. The fourth-order valence-corrected chi connectivity index (χ4v) is 1.61. The van der Waals surface area contributed by atoms with Gasteiger partial charge in [-0.2, -0.15) is 0 Å². The van der Waals surface area contributed by atoms with Crippen LogP contribution in [0.2, 0.25) is 0 Å². The second kappa shape index (κ2) is 7.53. The zero-order valence-corrected chi connectivity index (χ0v) is 11.6. The summed E-state index contributed by atoms with van der Waals surface area (Å²) in [6.07, 6.45) is 0.324. The van der Waals surface area contributed by atoms with Gasteiger partial charge in [-0.1, -0.05) is 0 Å². The summed E-state index contributed by atoms with van der Waals surface area (Å²) in [6, 6.07) is 5.17. The van der Waals surface area contributed by atoms with Crippen LogP contribution in [0.1, 0.15) is 29.3 Å². The van der Waals surface area contributed by atoms with Crippen LogP contribution < -0.4 is 10.6 Å². The number of amides is 2. The number of benzene rings is 1. The van der Waals surface area contributed by atoms with Crippen molar-refractivity contribution in [2.75, 3.05) is 25.6 Å². The number of rotatable bonds is 6. The van der Waals surface area contributed by atoms with Crippen molar-refractivity contribution in [2.45, 2.75) is 20.3 Å². The molecule has 0 atom stereocenters. The minimum atomic E-state index is -0.141. The minimum absolute atomic E-state index is 0.0933. The van der Waals surface area contributed by atoms with Gasteiger partial charge in [0.1, 0.15) is 0 Å². The summed E-state index contributed by atoms with van der Waals surface area (Å²) >= 11 is 0. The van der Waals surface area contributed by atoms with Gasteiger partial charge in [-0.3, -0.25) is 9.59 Å². The van der Waals surface area contributed by atoms with E-state index in [4.69, 9.17) is 4.74 Å². The van der Waals surface area contributed by atoms with Crippen molar-refractivity contribution in [1.82, 2.24) is 5.32 Å². The molecule has 0 radical (unpaired) electrons. The first-order valence-electron chi connectivity index (χ1n) is 6.28. The molecule has 2 N–H and O–H groups in total. The second-order valence-corrected chi connectivity index (χ2v) is 4.10. The summed E-state index contributed by atoms with van der Waals surface area (Å²) in [6.45, 7) is 4.76. The van der Waals surface area contributed by atoms with Crippen LogP contribution in [-0.2, 0) is 9.53 Å². The van der Waals surface area contributed by atoms with Gasteiger partial charge in [0.25, 0.3) is 5.91 Å². The Bertz CT molecular complexity index is 458. The first-order chi connectivity index (χ1) is 9.08. The van der Waals surface area contributed by atoms with Crippen LogP contribution in [-0.4, -0.2) is 32.1 Å². The molecule has 0 fully saturated rings. The lowest BCUT2D eigenvalue weighted by Gasteiger charge is -2.10. The maximum Gasteiger partial charge on any atom is 0.251 e. The summed E-state index contributed by atoms with van der Waals surface area (Å²) in [5, 5.41) is 5.36. The van der Waals surface area contributed by atoms with Gasteiger partial charge in [-0.05, 0) is 37.6 Å². The van der Waals surface area contributed by atoms with Crippen LogP contribution in [0.15, 0.2) is 18.2 Å². The number of ether oxygens (including phenoxy) is 1. The van der Waals surface area contributed by atoms with Crippen molar-refractivity contribution in [1.29, 1.82) is 0 Å². The summed E-state index contributed by atoms with van der Waals surface area (Å²) < 4.78 is 5.12. The zero-order valence-electron chi connectivity index (χ0n) is 11.6. The summed E-state index contributed by atoms with van der Waals surface area (Å²) in [5.74, 6) is -0.235. The lowest BCUT2D eigenvalue weighted by Crippen LogP contribution is -2.18. The van der Waals surface area contributed by atoms with E-state index in [1.54, 1.807) is 25.2 Å². The number of hydrogen-bond acceptors (Lipinski definition) is 3. The number of nitrogens with one attached hydrogen (secondary N) is 2. The maximum absolute atomic E-state index is 11.6. The average Bonchev–Trinajstić information content (AvgIpc) is 2.40. The van der Waals surface area contributed by atoms with Crippen LogP contribution in [0.25, 0.3) is 0 Å². The Kier molecular flexibility index (Phi) is 6.02. The van der Waals surface area contributed by atoms with Gasteiger partial charge in [0.15, 0.2) is 0 Å². The van der Waals surface area contributed by atoms with Crippen molar-refractivity contribution in [3.63, 3.8) is 0 Å². The number of aryl methyl sites for hydroxylation is 1.